The molecule has 0 spiro atoms. The standard InChI is InChI=1S/C18H32N6O7/c19-6-2-1-4-11(22-15(27)10(20)9-25)16(28)23-12(8-14(21)26)17(29)24-7-3-5-13(24)18(30)31/h10-13,25H,1-9,19-20H2,(H2,21,26)(H,22,27)(H,23,28)(H,30,31). The fourth-order valence-corrected chi connectivity index (χ4v) is 3.28. The predicted octanol–water partition coefficient (Wildman–Crippen LogP) is -3.64. The van der Waals surface area contributed by atoms with Crippen LogP contribution in [-0.4, -0.2) is 88.6 Å². The summed E-state index contributed by atoms with van der Waals surface area (Å²) in [7, 11) is 0. The number of aliphatic hydroxyl groups excluding tert-OH is 1. The first-order valence-corrected chi connectivity index (χ1v) is 10.1. The second-order valence-electron chi connectivity index (χ2n) is 7.39. The zero-order valence-corrected chi connectivity index (χ0v) is 17.3. The molecule has 0 aliphatic carbocycles. The third-order valence-electron chi connectivity index (χ3n) is 4.95. The second kappa shape index (κ2) is 12.8. The Morgan fingerprint density at radius 3 is 2.26 bits per heavy atom. The zero-order chi connectivity index (χ0) is 23.6. The van der Waals surface area contributed by atoms with Crippen LogP contribution < -0.4 is 27.8 Å². The number of aliphatic hydroxyl groups is 1. The van der Waals surface area contributed by atoms with Crippen molar-refractivity contribution in [2.45, 2.75) is 62.7 Å². The summed E-state index contributed by atoms with van der Waals surface area (Å²) in [5, 5.41) is 23.1. The van der Waals surface area contributed by atoms with Crippen molar-refractivity contribution >= 4 is 29.6 Å². The largest absolute Gasteiger partial charge is 0.480 e. The van der Waals surface area contributed by atoms with E-state index in [1.807, 2.05) is 0 Å². The Morgan fingerprint density at radius 2 is 1.71 bits per heavy atom. The van der Waals surface area contributed by atoms with Crippen molar-refractivity contribution < 1.29 is 34.2 Å². The Balaban J connectivity index is 2.98. The number of carbonyl (C=O) groups is 5. The molecular weight excluding hydrogens is 412 g/mol. The molecular formula is C18H32N6O7. The topological polar surface area (TPSA) is 231 Å². The molecule has 31 heavy (non-hydrogen) atoms. The van der Waals surface area contributed by atoms with Gasteiger partial charge in [0.25, 0.3) is 0 Å². The van der Waals surface area contributed by atoms with Crippen LogP contribution in [0.4, 0.5) is 0 Å². The number of carboxylic acid groups (broad SMARTS) is 1. The second-order valence-corrected chi connectivity index (χ2v) is 7.39. The Labute approximate surface area is 179 Å². The fourth-order valence-electron chi connectivity index (χ4n) is 3.28. The smallest absolute Gasteiger partial charge is 0.326 e. The quantitative estimate of drug-likeness (QED) is 0.139. The molecule has 1 fully saturated rings. The maximum absolute atomic E-state index is 12.9. The minimum Gasteiger partial charge on any atom is -0.480 e. The molecule has 1 saturated heterocycles. The molecule has 13 nitrogen and oxygen atoms in total. The number of amides is 4. The first kappa shape index (κ1) is 26.3. The highest BCUT2D eigenvalue weighted by Gasteiger charge is 2.38. The Kier molecular flexibility index (Phi) is 10.9. The highest BCUT2D eigenvalue weighted by atomic mass is 16.4. The van der Waals surface area contributed by atoms with Crippen molar-refractivity contribution in [3.05, 3.63) is 0 Å². The average Bonchev–Trinajstić information content (AvgIpc) is 3.21. The van der Waals surface area contributed by atoms with E-state index in [0.717, 1.165) is 4.90 Å². The predicted molar refractivity (Wildman–Crippen MR) is 108 cm³/mol. The van der Waals surface area contributed by atoms with Crippen LogP contribution in [0.25, 0.3) is 0 Å². The third kappa shape index (κ3) is 8.11. The lowest BCUT2D eigenvalue weighted by molar-refractivity contribution is -0.149. The van der Waals surface area contributed by atoms with Gasteiger partial charge in [0.15, 0.2) is 0 Å². The Bertz CT molecular complexity index is 674. The lowest BCUT2D eigenvalue weighted by atomic mass is 10.1. The van der Waals surface area contributed by atoms with Crippen LogP contribution in [0, 0.1) is 0 Å². The van der Waals surface area contributed by atoms with Gasteiger partial charge in [0.1, 0.15) is 24.2 Å². The van der Waals surface area contributed by atoms with Gasteiger partial charge in [-0.1, -0.05) is 0 Å². The van der Waals surface area contributed by atoms with Crippen molar-refractivity contribution in [1.29, 1.82) is 0 Å². The number of carboxylic acids is 1. The van der Waals surface area contributed by atoms with Crippen LogP contribution in [0.3, 0.4) is 0 Å². The molecule has 0 saturated carbocycles. The van der Waals surface area contributed by atoms with E-state index in [2.05, 4.69) is 10.6 Å². The molecule has 4 unspecified atom stereocenters. The van der Waals surface area contributed by atoms with E-state index in [-0.39, 0.29) is 19.4 Å². The molecule has 13 heteroatoms. The Morgan fingerprint density at radius 1 is 1.06 bits per heavy atom. The maximum Gasteiger partial charge on any atom is 0.326 e. The number of nitrogens with two attached hydrogens (primary N) is 3. The molecule has 0 aromatic rings. The lowest BCUT2D eigenvalue weighted by Crippen LogP contribution is -2.58. The molecule has 0 aromatic heterocycles. The summed E-state index contributed by atoms with van der Waals surface area (Å²) in [6.07, 6.45) is 1.42. The number of aliphatic carboxylic acids is 1. The molecule has 1 aliphatic rings. The van der Waals surface area contributed by atoms with Crippen molar-refractivity contribution in [3.8, 4) is 0 Å². The number of rotatable bonds is 13. The van der Waals surface area contributed by atoms with Gasteiger partial charge in [-0.3, -0.25) is 19.2 Å². The monoisotopic (exact) mass is 444 g/mol. The zero-order valence-electron chi connectivity index (χ0n) is 17.3. The number of likely N-dealkylation sites (tertiary alicyclic amines) is 1. The van der Waals surface area contributed by atoms with Crippen molar-refractivity contribution in [2.24, 2.45) is 17.2 Å². The lowest BCUT2D eigenvalue weighted by Gasteiger charge is -2.28. The van der Waals surface area contributed by atoms with E-state index in [9.17, 15) is 29.1 Å². The summed E-state index contributed by atoms with van der Waals surface area (Å²) in [5.41, 5.74) is 16.1. The van der Waals surface area contributed by atoms with E-state index >= 15 is 0 Å². The van der Waals surface area contributed by atoms with Crippen molar-refractivity contribution in [1.82, 2.24) is 15.5 Å². The summed E-state index contributed by atoms with van der Waals surface area (Å²) in [6.45, 7) is -0.0903. The molecule has 0 aromatic carbocycles. The van der Waals surface area contributed by atoms with Crippen molar-refractivity contribution in [3.63, 3.8) is 0 Å². The fraction of sp³-hybridized carbons (Fsp3) is 0.722. The minimum absolute atomic E-state index is 0.170. The minimum atomic E-state index is -1.38. The molecule has 4 atom stereocenters. The molecule has 176 valence electrons. The van der Waals surface area contributed by atoms with E-state index < -0.39 is 66.8 Å². The number of hydrogen-bond donors (Lipinski definition) is 7. The van der Waals surface area contributed by atoms with Gasteiger partial charge in [-0.15, -0.1) is 0 Å². The highest BCUT2D eigenvalue weighted by Crippen LogP contribution is 2.19. The summed E-state index contributed by atoms with van der Waals surface area (Å²) >= 11 is 0. The SMILES string of the molecule is NCCCCC(NC(=O)C(N)CO)C(=O)NC(CC(N)=O)C(=O)N1CCCC1C(=O)O. The summed E-state index contributed by atoms with van der Waals surface area (Å²) in [6, 6.07) is -4.78. The van der Waals surface area contributed by atoms with Gasteiger partial charge >= 0.3 is 5.97 Å². The summed E-state index contributed by atoms with van der Waals surface area (Å²) in [4.78, 5) is 61.7. The average molecular weight is 444 g/mol. The van der Waals surface area contributed by atoms with Crippen LogP contribution >= 0.6 is 0 Å². The van der Waals surface area contributed by atoms with Crippen molar-refractivity contribution in [2.75, 3.05) is 19.7 Å². The van der Waals surface area contributed by atoms with Gasteiger partial charge in [-0.25, -0.2) is 4.79 Å². The van der Waals surface area contributed by atoms with Crippen LogP contribution in [0.2, 0.25) is 0 Å². The summed E-state index contributed by atoms with van der Waals surface area (Å²) < 4.78 is 0. The highest BCUT2D eigenvalue weighted by molar-refractivity contribution is 5.96. The first-order chi connectivity index (χ1) is 14.6. The Hall–Kier alpha value is -2.77. The molecule has 0 radical (unpaired) electrons. The molecule has 1 heterocycles. The van der Waals surface area contributed by atoms with Gasteiger partial charge in [0.05, 0.1) is 13.0 Å². The molecule has 1 rings (SSSR count). The molecule has 1 aliphatic heterocycles. The maximum atomic E-state index is 12.9. The van der Waals surface area contributed by atoms with Crippen LogP contribution in [-0.2, 0) is 24.0 Å². The van der Waals surface area contributed by atoms with E-state index in [1.165, 1.54) is 0 Å². The first-order valence-electron chi connectivity index (χ1n) is 10.1. The van der Waals surface area contributed by atoms with Crippen LogP contribution in [0.1, 0.15) is 38.5 Å². The van der Waals surface area contributed by atoms with Crippen LogP contribution in [0.5, 0.6) is 0 Å². The third-order valence-corrected chi connectivity index (χ3v) is 4.95. The normalized spacial score (nSPS) is 18.7. The summed E-state index contributed by atoms with van der Waals surface area (Å²) in [5.74, 6) is -4.31. The molecule has 4 amide bonds. The van der Waals surface area contributed by atoms with Crippen LogP contribution in [0.15, 0.2) is 0 Å². The molecule has 0 bridgehead atoms. The molecule has 10 N–H and O–H groups in total. The number of nitrogens with zero attached hydrogens (tertiary/aromatic N) is 1. The number of hydrogen-bond acceptors (Lipinski definition) is 8. The van der Waals surface area contributed by atoms with Gasteiger partial charge in [0, 0.05) is 6.54 Å². The number of primary amides is 1. The van der Waals surface area contributed by atoms with E-state index in [0.29, 0.717) is 25.8 Å². The van der Waals surface area contributed by atoms with Gasteiger partial charge in [-0.2, -0.15) is 0 Å². The number of unbranched alkanes of at least 4 members (excludes halogenated alkanes) is 1. The number of nitrogens with one attached hydrogen (secondary N) is 2. The van der Waals surface area contributed by atoms with E-state index in [1.54, 1.807) is 0 Å². The van der Waals surface area contributed by atoms with Gasteiger partial charge in [0.2, 0.25) is 23.6 Å². The number of carbonyl (C=O) groups excluding carboxylic acids is 4. The van der Waals surface area contributed by atoms with Gasteiger partial charge in [-0.05, 0) is 38.6 Å². The van der Waals surface area contributed by atoms with Gasteiger partial charge < -0.3 is 42.9 Å². The van der Waals surface area contributed by atoms with E-state index in [4.69, 9.17) is 22.3 Å².